The van der Waals surface area contributed by atoms with E-state index in [2.05, 4.69) is 46.0 Å². The number of nitrogens with zero attached hydrogens (tertiary/aromatic N) is 5. The lowest BCUT2D eigenvalue weighted by atomic mass is 9.96. The summed E-state index contributed by atoms with van der Waals surface area (Å²) >= 11 is 2.73. The maximum atomic E-state index is 13.8. The average Bonchev–Trinajstić information content (AvgIpc) is 3.76. The number of Topliss-reactive ketones (excluding diaryl/α,β-unsaturated/α-hetero) is 1. The van der Waals surface area contributed by atoms with E-state index < -0.39 is 17.7 Å². The number of thioether (sulfide) groups is 1. The van der Waals surface area contributed by atoms with Crippen molar-refractivity contribution < 1.29 is 19.4 Å². The first kappa shape index (κ1) is 29.5. The lowest BCUT2D eigenvalue weighted by Gasteiger charge is -2.23. The third kappa shape index (κ3) is 5.23. The summed E-state index contributed by atoms with van der Waals surface area (Å²) in [5, 5.41) is 23.1. The van der Waals surface area contributed by atoms with Crippen LogP contribution in [-0.4, -0.2) is 43.0 Å². The van der Waals surface area contributed by atoms with Crippen LogP contribution in [-0.2, 0) is 15.3 Å². The number of carbonyl (C=O) groups is 2. The smallest absolute Gasteiger partial charge is 0.301 e. The molecule has 3 aromatic heterocycles. The van der Waals surface area contributed by atoms with E-state index in [9.17, 15) is 14.7 Å². The van der Waals surface area contributed by atoms with Gasteiger partial charge in [0.1, 0.15) is 23.7 Å². The molecule has 0 radical (unpaired) electrons. The number of rotatable bonds is 9. The highest BCUT2D eigenvalue weighted by Crippen LogP contribution is 2.45. The SMILES string of the molecule is C=CCOc1cccc(C2/C(=C(\O)c3c(C)nc4ccccn34)C(=O)C(=O)N2c2nnc(SCc3cccc4ccccc34)s2)c1. The number of pyridine rings is 1. The van der Waals surface area contributed by atoms with E-state index in [4.69, 9.17) is 4.74 Å². The van der Waals surface area contributed by atoms with Crippen LogP contribution < -0.4 is 9.64 Å². The molecule has 4 heterocycles. The summed E-state index contributed by atoms with van der Waals surface area (Å²) in [7, 11) is 0. The number of imidazole rings is 1. The van der Waals surface area contributed by atoms with Crippen molar-refractivity contribution in [3.63, 3.8) is 0 Å². The summed E-state index contributed by atoms with van der Waals surface area (Å²) in [6.07, 6.45) is 3.38. The van der Waals surface area contributed by atoms with Gasteiger partial charge in [-0.05, 0) is 53.1 Å². The number of benzene rings is 3. The molecule has 3 aromatic carbocycles. The van der Waals surface area contributed by atoms with E-state index in [0.717, 1.165) is 16.3 Å². The fraction of sp³-hybridized carbons (Fsp3) is 0.114. The molecule has 6 aromatic rings. The van der Waals surface area contributed by atoms with Crippen molar-refractivity contribution in [2.45, 2.75) is 23.1 Å². The number of amides is 1. The van der Waals surface area contributed by atoms with Crippen molar-refractivity contribution in [3.8, 4) is 5.75 Å². The third-order valence-electron chi connectivity index (χ3n) is 7.75. The Hall–Kier alpha value is -5.26. The average molecular weight is 646 g/mol. The maximum absolute atomic E-state index is 13.8. The van der Waals surface area contributed by atoms with Crippen molar-refractivity contribution in [1.29, 1.82) is 0 Å². The molecular weight excluding hydrogens is 619 g/mol. The molecule has 9 nitrogen and oxygen atoms in total. The molecule has 1 aliphatic heterocycles. The van der Waals surface area contributed by atoms with E-state index in [1.165, 1.54) is 28.0 Å². The zero-order valence-corrected chi connectivity index (χ0v) is 26.3. The molecule has 0 spiro atoms. The van der Waals surface area contributed by atoms with Gasteiger partial charge in [0.15, 0.2) is 10.1 Å². The highest BCUT2D eigenvalue weighted by Gasteiger charge is 2.49. The minimum atomic E-state index is -0.996. The van der Waals surface area contributed by atoms with Gasteiger partial charge in [-0.3, -0.25) is 18.9 Å². The molecule has 1 aliphatic rings. The van der Waals surface area contributed by atoms with Crippen LogP contribution in [0.2, 0.25) is 0 Å². The quantitative estimate of drug-likeness (QED) is 0.0442. The Morgan fingerprint density at radius 3 is 2.72 bits per heavy atom. The zero-order valence-electron chi connectivity index (χ0n) is 24.7. The number of ether oxygens (including phenoxy) is 1. The van der Waals surface area contributed by atoms with Gasteiger partial charge >= 0.3 is 5.91 Å². The predicted octanol–water partition coefficient (Wildman–Crippen LogP) is 7.13. The first-order valence-electron chi connectivity index (χ1n) is 14.5. The number of aliphatic hydroxyl groups excluding tert-OH is 1. The zero-order chi connectivity index (χ0) is 31.8. The summed E-state index contributed by atoms with van der Waals surface area (Å²) in [6.45, 7) is 5.74. The molecule has 1 fully saturated rings. The molecule has 1 amide bonds. The molecule has 7 rings (SSSR count). The second-order valence-electron chi connectivity index (χ2n) is 10.6. The number of aryl methyl sites for hydroxylation is 1. The van der Waals surface area contributed by atoms with Gasteiger partial charge in [-0.15, -0.1) is 10.2 Å². The lowest BCUT2D eigenvalue weighted by molar-refractivity contribution is -0.132. The number of aromatic nitrogens is 4. The van der Waals surface area contributed by atoms with Gasteiger partial charge in [0.05, 0.1) is 17.3 Å². The third-order valence-corrected chi connectivity index (χ3v) is 9.85. The fourth-order valence-corrected chi connectivity index (χ4v) is 7.59. The van der Waals surface area contributed by atoms with Gasteiger partial charge in [0, 0.05) is 11.9 Å². The van der Waals surface area contributed by atoms with Crippen LogP contribution in [0.4, 0.5) is 5.13 Å². The van der Waals surface area contributed by atoms with Crippen LogP contribution >= 0.6 is 23.1 Å². The van der Waals surface area contributed by atoms with Gasteiger partial charge in [0.2, 0.25) is 5.13 Å². The number of anilines is 1. The minimum absolute atomic E-state index is 0.0696. The highest BCUT2D eigenvalue weighted by molar-refractivity contribution is 8.00. The molecule has 1 atom stereocenters. The Labute approximate surface area is 272 Å². The normalized spacial score (nSPS) is 16.0. The van der Waals surface area contributed by atoms with Crippen molar-refractivity contribution in [1.82, 2.24) is 19.6 Å². The second-order valence-corrected chi connectivity index (χ2v) is 12.8. The fourth-order valence-electron chi connectivity index (χ4n) is 5.72. The molecule has 1 N–H and O–H groups in total. The molecule has 1 saturated heterocycles. The van der Waals surface area contributed by atoms with Gasteiger partial charge in [-0.2, -0.15) is 0 Å². The lowest BCUT2D eigenvalue weighted by Crippen LogP contribution is -2.29. The van der Waals surface area contributed by atoms with Crippen LogP contribution in [0.3, 0.4) is 0 Å². The number of hydrogen-bond donors (Lipinski definition) is 1. The number of aliphatic hydroxyl groups is 1. The van der Waals surface area contributed by atoms with E-state index >= 15 is 0 Å². The number of ketones is 1. The Balaban J connectivity index is 1.30. The van der Waals surface area contributed by atoms with Crippen LogP contribution in [0.25, 0.3) is 22.2 Å². The Morgan fingerprint density at radius 2 is 1.85 bits per heavy atom. The molecule has 46 heavy (non-hydrogen) atoms. The van der Waals surface area contributed by atoms with E-state index in [1.54, 1.807) is 60.0 Å². The molecule has 11 heteroatoms. The predicted molar refractivity (Wildman–Crippen MR) is 180 cm³/mol. The number of carbonyl (C=O) groups excluding carboxylic acids is 2. The standard InChI is InChI=1S/C35H27N5O4S2/c1-3-18-44-25-14-9-12-23(19-25)30-28(31(41)29-21(2)36-27-16-6-7-17-39(27)29)32(42)33(43)40(30)34-37-38-35(46-34)45-20-24-13-8-11-22-10-4-5-15-26(22)24/h3-17,19,30,41H,1,18,20H2,2H3/b31-28+. The molecule has 1 unspecified atom stereocenters. The highest BCUT2D eigenvalue weighted by atomic mass is 32.2. The first-order valence-corrected chi connectivity index (χ1v) is 16.3. The summed E-state index contributed by atoms with van der Waals surface area (Å²) in [4.78, 5) is 33.5. The van der Waals surface area contributed by atoms with Crippen LogP contribution in [0.5, 0.6) is 5.75 Å². The monoisotopic (exact) mass is 645 g/mol. The summed E-state index contributed by atoms with van der Waals surface area (Å²) in [5.41, 5.74) is 3.10. The Bertz CT molecular complexity index is 2180. The second kappa shape index (κ2) is 12.3. The Kier molecular flexibility index (Phi) is 7.85. The van der Waals surface area contributed by atoms with Crippen LogP contribution in [0.15, 0.2) is 114 Å². The molecular formula is C35H27N5O4S2. The topological polar surface area (TPSA) is 110 Å². The van der Waals surface area contributed by atoms with E-state index in [-0.39, 0.29) is 23.1 Å². The first-order chi connectivity index (χ1) is 22.4. The Morgan fingerprint density at radius 1 is 1.04 bits per heavy atom. The molecule has 0 bridgehead atoms. The van der Waals surface area contributed by atoms with E-state index in [0.29, 0.717) is 38.4 Å². The van der Waals surface area contributed by atoms with Gasteiger partial charge in [-0.1, -0.05) is 96.4 Å². The number of fused-ring (bicyclic) bond motifs is 2. The van der Waals surface area contributed by atoms with Gasteiger partial charge in [-0.25, -0.2) is 4.98 Å². The van der Waals surface area contributed by atoms with Crippen molar-refractivity contribution >= 4 is 62.1 Å². The molecule has 0 saturated carbocycles. The minimum Gasteiger partial charge on any atom is -0.505 e. The van der Waals surface area contributed by atoms with Gasteiger partial charge in [0.25, 0.3) is 5.78 Å². The van der Waals surface area contributed by atoms with Crippen molar-refractivity contribution in [3.05, 3.63) is 132 Å². The van der Waals surface area contributed by atoms with Crippen molar-refractivity contribution in [2.75, 3.05) is 11.5 Å². The largest absolute Gasteiger partial charge is 0.505 e. The van der Waals surface area contributed by atoms with Crippen LogP contribution in [0, 0.1) is 6.92 Å². The molecule has 228 valence electrons. The maximum Gasteiger partial charge on any atom is 0.301 e. The molecule has 0 aliphatic carbocycles. The van der Waals surface area contributed by atoms with Crippen molar-refractivity contribution in [2.24, 2.45) is 0 Å². The summed E-state index contributed by atoms with van der Waals surface area (Å²) in [5.74, 6) is -0.788. The summed E-state index contributed by atoms with van der Waals surface area (Å²) < 4.78 is 8.12. The summed E-state index contributed by atoms with van der Waals surface area (Å²) in [6, 6.07) is 25.9. The van der Waals surface area contributed by atoms with Crippen LogP contribution in [0.1, 0.15) is 28.6 Å². The number of hydrogen-bond acceptors (Lipinski definition) is 9. The van der Waals surface area contributed by atoms with E-state index in [1.807, 2.05) is 24.3 Å². The van der Waals surface area contributed by atoms with Gasteiger partial charge < -0.3 is 9.84 Å².